The number of hydrogen-bond acceptors (Lipinski definition) is 5. The second kappa shape index (κ2) is 8.19. The van der Waals surface area contributed by atoms with Crippen LogP contribution in [0.15, 0.2) is 9.95 Å². The lowest BCUT2D eigenvalue weighted by molar-refractivity contribution is -0.119. The summed E-state index contributed by atoms with van der Waals surface area (Å²) >= 11 is 1.15. The predicted octanol–water partition coefficient (Wildman–Crippen LogP) is 1.23. The first-order chi connectivity index (χ1) is 11.0. The summed E-state index contributed by atoms with van der Waals surface area (Å²) in [6, 6.07) is -0.297. The Bertz CT molecular complexity index is 606. The van der Waals surface area contributed by atoms with E-state index in [1.54, 1.807) is 6.92 Å². The Kier molecular flexibility index (Phi) is 6.26. The van der Waals surface area contributed by atoms with Crippen LogP contribution in [0.25, 0.3) is 0 Å². The quantitative estimate of drug-likeness (QED) is 0.674. The van der Waals surface area contributed by atoms with Gasteiger partial charge in [0.05, 0.1) is 5.25 Å². The van der Waals surface area contributed by atoms with Gasteiger partial charge in [0.2, 0.25) is 5.91 Å². The molecule has 1 saturated carbocycles. The highest BCUT2D eigenvalue weighted by Gasteiger charge is 2.22. The zero-order valence-corrected chi connectivity index (χ0v) is 14.2. The van der Waals surface area contributed by atoms with Gasteiger partial charge >= 0.3 is 11.7 Å². The van der Waals surface area contributed by atoms with Gasteiger partial charge in [-0.15, -0.1) is 5.10 Å². The van der Waals surface area contributed by atoms with Crippen LogP contribution >= 0.6 is 11.8 Å². The average molecular weight is 341 g/mol. The molecule has 9 heteroatoms. The Morgan fingerprint density at radius 1 is 1.43 bits per heavy atom. The summed E-state index contributed by atoms with van der Waals surface area (Å²) in [7, 11) is 0. The summed E-state index contributed by atoms with van der Waals surface area (Å²) in [4.78, 5) is 35.5. The Hall–Kier alpha value is -1.77. The normalized spacial score (nSPS) is 16.3. The molecule has 0 radical (unpaired) electrons. The first-order valence-electron chi connectivity index (χ1n) is 7.94. The van der Waals surface area contributed by atoms with Crippen LogP contribution in [0.3, 0.4) is 0 Å². The molecule has 0 unspecified atom stereocenters. The first kappa shape index (κ1) is 17.6. The number of imide groups is 1. The monoisotopic (exact) mass is 341 g/mol. The molecule has 0 spiro atoms. The van der Waals surface area contributed by atoms with Gasteiger partial charge in [-0.2, -0.15) is 0 Å². The van der Waals surface area contributed by atoms with Crippen molar-refractivity contribution in [1.82, 2.24) is 25.4 Å². The molecular formula is C14H23N5O3S. The highest BCUT2D eigenvalue weighted by molar-refractivity contribution is 8.00. The van der Waals surface area contributed by atoms with Crippen molar-refractivity contribution in [3.05, 3.63) is 10.5 Å². The Labute approximate surface area is 138 Å². The van der Waals surface area contributed by atoms with Gasteiger partial charge in [0.25, 0.3) is 0 Å². The van der Waals surface area contributed by atoms with Gasteiger partial charge in [0.1, 0.15) is 0 Å². The average Bonchev–Trinajstić information content (AvgIpc) is 3.12. The number of hydrogen-bond donors (Lipinski definition) is 3. The zero-order valence-electron chi connectivity index (χ0n) is 13.4. The largest absolute Gasteiger partial charge is 0.343 e. The van der Waals surface area contributed by atoms with Crippen molar-refractivity contribution in [1.29, 1.82) is 0 Å². The van der Waals surface area contributed by atoms with Crippen LogP contribution < -0.4 is 16.3 Å². The van der Waals surface area contributed by atoms with Gasteiger partial charge in [0.15, 0.2) is 5.16 Å². The summed E-state index contributed by atoms with van der Waals surface area (Å²) in [6.07, 6.45) is 4.93. The molecule has 2 rings (SSSR count). The standard InChI is InChI=1S/C14H23N5O3S/c1-3-8-19-13(22)17-18-14(19)23-9(2)11(20)16-12(21)15-10-6-4-5-7-10/h9-10H,3-8H2,1-2H3,(H,17,22)(H2,15,16,20,21)/t9-/m0/s1. The fourth-order valence-electron chi connectivity index (χ4n) is 2.53. The fourth-order valence-corrected chi connectivity index (χ4v) is 3.41. The predicted molar refractivity (Wildman–Crippen MR) is 87.4 cm³/mol. The molecule has 3 amide bonds. The first-order valence-corrected chi connectivity index (χ1v) is 8.82. The highest BCUT2D eigenvalue weighted by Crippen LogP contribution is 2.20. The third kappa shape index (κ3) is 4.85. The number of aromatic nitrogens is 3. The maximum atomic E-state index is 12.1. The molecular weight excluding hydrogens is 318 g/mol. The maximum Gasteiger partial charge on any atom is 0.343 e. The van der Waals surface area contributed by atoms with Crippen molar-refractivity contribution >= 4 is 23.7 Å². The molecule has 3 N–H and O–H groups in total. The Morgan fingerprint density at radius 2 is 2.13 bits per heavy atom. The lowest BCUT2D eigenvalue weighted by Crippen LogP contribution is -2.46. The van der Waals surface area contributed by atoms with E-state index in [-0.39, 0.29) is 11.7 Å². The number of rotatable bonds is 6. The second-order valence-electron chi connectivity index (χ2n) is 5.67. The van der Waals surface area contributed by atoms with Gasteiger partial charge in [-0.1, -0.05) is 31.5 Å². The van der Waals surface area contributed by atoms with Crippen molar-refractivity contribution in [2.45, 2.75) is 68.9 Å². The van der Waals surface area contributed by atoms with E-state index in [0.717, 1.165) is 43.9 Å². The van der Waals surface area contributed by atoms with Gasteiger partial charge in [0, 0.05) is 12.6 Å². The van der Waals surface area contributed by atoms with Gasteiger partial charge in [-0.3, -0.25) is 14.7 Å². The van der Waals surface area contributed by atoms with Crippen molar-refractivity contribution in [2.24, 2.45) is 0 Å². The van der Waals surface area contributed by atoms with Gasteiger partial charge in [-0.05, 0) is 26.2 Å². The molecule has 0 bridgehead atoms. The number of nitrogens with zero attached hydrogens (tertiary/aromatic N) is 2. The fraction of sp³-hybridized carbons (Fsp3) is 0.714. The number of aromatic amines is 1. The molecule has 1 aliphatic carbocycles. The van der Waals surface area contributed by atoms with Crippen LogP contribution in [0.5, 0.6) is 0 Å². The van der Waals surface area contributed by atoms with Crippen LogP contribution in [0.2, 0.25) is 0 Å². The summed E-state index contributed by atoms with van der Waals surface area (Å²) < 4.78 is 1.49. The minimum Gasteiger partial charge on any atom is -0.335 e. The summed E-state index contributed by atoms with van der Waals surface area (Å²) in [5.41, 5.74) is -0.291. The summed E-state index contributed by atoms with van der Waals surface area (Å²) in [5, 5.41) is 11.4. The third-order valence-corrected chi connectivity index (χ3v) is 4.84. The lowest BCUT2D eigenvalue weighted by Gasteiger charge is -2.14. The maximum absolute atomic E-state index is 12.1. The molecule has 0 aliphatic heterocycles. The van der Waals surface area contributed by atoms with Crippen LogP contribution in [0.1, 0.15) is 46.0 Å². The van der Waals surface area contributed by atoms with Crippen molar-refractivity contribution in [3.63, 3.8) is 0 Å². The van der Waals surface area contributed by atoms with Crippen molar-refractivity contribution in [2.75, 3.05) is 0 Å². The molecule has 1 atom stereocenters. The van der Waals surface area contributed by atoms with Gasteiger partial charge < -0.3 is 5.32 Å². The molecule has 8 nitrogen and oxygen atoms in total. The van der Waals surface area contributed by atoms with E-state index in [9.17, 15) is 14.4 Å². The molecule has 1 aliphatic rings. The van der Waals surface area contributed by atoms with E-state index in [4.69, 9.17) is 0 Å². The number of carbonyl (C=O) groups is 2. The van der Waals surface area contributed by atoms with Crippen LogP contribution in [0, 0.1) is 0 Å². The van der Waals surface area contributed by atoms with Crippen LogP contribution in [-0.4, -0.2) is 38.0 Å². The number of H-pyrrole nitrogens is 1. The van der Waals surface area contributed by atoms with Crippen molar-refractivity contribution < 1.29 is 9.59 Å². The minimum absolute atomic E-state index is 0.159. The SMILES string of the molecule is CCCn1c(S[C@@H](C)C(=O)NC(=O)NC2CCCC2)n[nH]c1=O. The Morgan fingerprint density at radius 3 is 2.78 bits per heavy atom. The van der Waals surface area contributed by atoms with Crippen LogP contribution in [-0.2, 0) is 11.3 Å². The highest BCUT2D eigenvalue weighted by atomic mass is 32.2. The number of nitrogens with one attached hydrogen (secondary N) is 3. The van der Waals surface area contributed by atoms with E-state index in [1.807, 2.05) is 6.92 Å². The molecule has 1 aromatic heterocycles. The van der Waals surface area contributed by atoms with E-state index < -0.39 is 17.2 Å². The van der Waals surface area contributed by atoms with Gasteiger partial charge in [-0.25, -0.2) is 14.7 Å². The number of thioether (sulfide) groups is 1. The minimum atomic E-state index is -0.532. The molecule has 1 aromatic rings. The van der Waals surface area contributed by atoms with E-state index in [0.29, 0.717) is 11.7 Å². The third-order valence-electron chi connectivity index (χ3n) is 3.75. The molecule has 1 fully saturated rings. The summed E-state index contributed by atoms with van der Waals surface area (Å²) in [6.45, 7) is 4.17. The van der Waals surface area contributed by atoms with Crippen molar-refractivity contribution in [3.8, 4) is 0 Å². The summed E-state index contributed by atoms with van der Waals surface area (Å²) in [5.74, 6) is -0.399. The molecule has 1 heterocycles. The zero-order chi connectivity index (χ0) is 16.8. The van der Waals surface area contributed by atoms with E-state index in [2.05, 4.69) is 20.8 Å². The Balaban J connectivity index is 1.87. The van der Waals surface area contributed by atoms with E-state index >= 15 is 0 Å². The molecule has 128 valence electrons. The lowest BCUT2D eigenvalue weighted by atomic mass is 10.2. The molecule has 0 saturated heterocycles. The van der Waals surface area contributed by atoms with Crippen LogP contribution in [0.4, 0.5) is 4.79 Å². The smallest absolute Gasteiger partial charge is 0.335 e. The topological polar surface area (TPSA) is 109 Å². The second-order valence-corrected chi connectivity index (χ2v) is 6.98. The molecule has 0 aromatic carbocycles. The number of amides is 3. The molecule has 23 heavy (non-hydrogen) atoms. The van der Waals surface area contributed by atoms with E-state index in [1.165, 1.54) is 4.57 Å². The number of urea groups is 1. The number of carbonyl (C=O) groups excluding carboxylic acids is 2.